The van der Waals surface area contributed by atoms with Crippen LogP contribution >= 0.6 is 0 Å². The van der Waals surface area contributed by atoms with Gasteiger partial charge in [-0.05, 0) is 32.0 Å². The lowest BCUT2D eigenvalue weighted by Gasteiger charge is -2.19. The molecule has 1 fully saturated rings. The zero-order chi connectivity index (χ0) is 13.1. The summed E-state index contributed by atoms with van der Waals surface area (Å²) in [6.07, 6.45) is 3.77. The fourth-order valence-corrected chi connectivity index (χ4v) is 2.16. The van der Waals surface area contributed by atoms with E-state index in [0.29, 0.717) is 11.9 Å². The van der Waals surface area contributed by atoms with Gasteiger partial charge in [-0.15, -0.1) is 0 Å². The van der Waals surface area contributed by atoms with Crippen molar-refractivity contribution in [2.24, 2.45) is 0 Å². The number of carbonyl (C=O) groups excluding carboxylic acids is 1. The standard InChI is InChI=1S/C13H19N3O2/c1-15(2)13(17)18-12-7-6-10(9-14-12)11-5-4-8-16(11)3/h6-7,9,11H,4-5,8H2,1-3H3/t11-/m0/s1. The first-order valence-corrected chi connectivity index (χ1v) is 6.13. The number of hydrogen-bond donors (Lipinski definition) is 0. The minimum atomic E-state index is -0.409. The monoisotopic (exact) mass is 249 g/mol. The molecular weight excluding hydrogens is 230 g/mol. The van der Waals surface area contributed by atoms with Gasteiger partial charge in [0.1, 0.15) is 0 Å². The third-order valence-electron chi connectivity index (χ3n) is 3.22. The van der Waals surface area contributed by atoms with Crippen LogP contribution in [0.5, 0.6) is 5.88 Å². The summed E-state index contributed by atoms with van der Waals surface area (Å²) in [5, 5.41) is 0. The summed E-state index contributed by atoms with van der Waals surface area (Å²) in [4.78, 5) is 19.2. The fraction of sp³-hybridized carbons (Fsp3) is 0.538. The van der Waals surface area contributed by atoms with E-state index in [2.05, 4.69) is 16.9 Å². The number of rotatable bonds is 2. The first-order chi connectivity index (χ1) is 8.58. The van der Waals surface area contributed by atoms with Gasteiger partial charge < -0.3 is 9.64 Å². The number of ether oxygens (including phenoxy) is 1. The van der Waals surface area contributed by atoms with Crippen LogP contribution in [-0.2, 0) is 0 Å². The number of likely N-dealkylation sites (tertiary alicyclic amines) is 1. The Bertz CT molecular complexity index is 417. The maximum atomic E-state index is 11.4. The normalized spacial score (nSPS) is 19.8. The first kappa shape index (κ1) is 12.8. The smallest absolute Gasteiger partial charge is 0.391 e. The molecule has 1 amide bonds. The van der Waals surface area contributed by atoms with Crippen LogP contribution in [0.1, 0.15) is 24.4 Å². The van der Waals surface area contributed by atoms with Crippen LogP contribution < -0.4 is 4.74 Å². The van der Waals surface area contributed by atoms with E-state index < -0.39 is 6.09 Å². The zero-order valence-electron chi connectivity index (χ0n) is 11.1. The van der Waals surface area contributed by atoms with Gasteiger partial charge in [0.2, 0.25) is 5.88 Å². The van der Waals surface area contributed by atoms with Crippen molar-refractivity contribution in [3.8, 4) is 5.88 Å². The summed E-state index contributed by atoms with van der Waals surface area (Å²) >= 11 is 0. The molecule has 0 aliphatic carbocycles. The van der Waals surface area contributed by atoms with Crippen molar-refractivity contribution in [1.82, 2.24) is 14.8 Å². The molecule has 0 radical (unpaired) electrons. The van der Waals surface area contributed by atoms with Crippen LogP contribution in [0.15, 0.2) is 18.3 Å². The summed E-state index contributed by atoms with van der Waals surface area (Å²) in [6.45, 7) is 1.13. The van der Waals surface area contributed by atoms with E-state index in [9.17, 15) is 4.79 Å². The molecule has 5 heteroatoms. The Balaban J connectivity index is 2.03. The molecule has 0 N–H and O–H groups in total. The maximum Gasteiger partial charge on any atom is 0.416 e. The highest BCUT2D eigenvalue weighted by molar-refractivity contribution is 5.69. The van der Waals surface area contributed by atoms with E-state index in [-0.39, 0.29) is 0 Å². The number of carbonyl (C=O) groups is 1. The van der Waals surface area contributed by atoms with Crippen molar-refractivity contribution in [2.75, 3.05) is 27.7 Å². The molecular formula is C13H19N3O2. The van der Waals surface area contributed by atoms with Gasteiger partial charge in [0.25, 0.3) is 0 Å². The number of aromatic nitrogens is 1. The van der Waals surface area contributed by atoms with Crippen LogP contribution in [0.2, 0.25) is 0 Å². The van der Waals surface area contributed by atoms with Gasteiger partial charge in [-0.3, -0.25) is 4.90 Å². The van der Waals surface area contributed by atoms with Gasteiger partial charge in [-0.2, -0.15) is 0 Å². The Morgan fingerprint density at radius 1 is 1.50 bits per heavy atom. The lowest BCUT2D eigenvalue weighted by atomic mass is 10.1. The second kappa shape index (κ2) is 5.35. The lowest BCUT2D eigenvalue weighted by molar-refractivity contribution is 0.170. The Labute approximate surface area is 107 Å². The second-order valence-electron chi connectivity index (χ2n) is 4.83. The van der Waals surface area contributed by atoms with Gasteiger partial charge in [0, 0.05) is 32.4 Å². The van der Waals surface area contributed by atoms with Crippen LogP contribution in [0.3, 0.4) is 0 Å². The van der Waals surface area contributed by atoms with Gasteiger partial charge in [0.15, 0.2) is 0 Å². The van der Waals surface area contributed by atoms with Gasteiger partial charge in [-0.1, -0.05) is 6.07 Å². The second-order valence-corrected chi connectivity index (χ2v) is 4.83. The summed E-state index contributed by atoms with van der Waals surface area (Å²) in [6, 6.07) is 4.18. The molecule has 0 spiro atoms. The SMILES string of the molecule is CN(C)C(=O)Oc1ccc([C@@H]2CCCN2C)cn1. The number of nitrogens with zero attached hydrogens (tertiary/aromatic N) is 3. The number of pyridine rings is 1. The third-order valence-corrected chi connectivity index (χ3v) is 3.22. The quantitative estimate of drug-likeness (QED) is 0.803. The molecule has 1 aromatic rings. The molecule has 0 unspecified atom stereocenters. The maximum absolute atomic E-state index is 11.4. The average Bonchev–Trinajstić information content (AvgIpc) is 2.76. The van der Waals surface area contributed by atoms with E-state index in [1.165, 1.54) is 16.9 Å². The summed E-state index contributed by atoms with van der Waals surface area (Å²) in [5.41, 5.74) is 1.18. The minimum absolute atomic E-state index is 0.345. The summed E-state index contributed by atoms with van der Waals surface area (Å²) < 4.78 is 5.08. The highest BCUT2D eigenvalue weighted by atomic mass is 16.6. The van der Waals surface area contributed by atoms with E-state index in [4.69, 9.17) is 4.74 Å². The van der Waals surface area contributed by atoms with Crippen LogP contribution in [0.4, 0.5) is 4.79 Å². The summed E-state index contributed by atoms with van der Waals surface area (Å²) in [7, 11) is 5.41. The van der Waals surface area contributed by atoms with Gasteiger partial charge in [-0.25, -0.2) is 9.78 Å². The summed E-state index contributed by atoms with van der Waals surface area (Å²) in [5.74, 6) is 0.345. The van der Waals surface area contributed by atoms with Crippen molar-refractivity contribution in [3.05, 3.63) is 23.9 Å². The molecule has 1 aliphatic heterocycles. The molecule has 98 valence electrons. The highest BCUT2D eigenvalue weighted by Crippen LogP contribution is 2.30. The van der Waals surface area contributed by atoms with Crippen molar-refractivity contribution in [2.45, 2.75) is 18.9 Å². The van der Waals surface area contributed by atoms with Crippen molar-refractivity contribution < 1.29 is 9.53 Å². The topological polar surface area (TPSA) is 45.7 Å². The van der Waals surface area contributed by atoms with Crippen LogP contribution in [0.25, 0.3) is 0 Å². The van der Waals surface area contributed by atoms with E-state index >= 15 is 0 Å². The Morgan fingerprint density at radius 3 is 2.78 bits per heavy atom. The fourth-order valence-electron chi connectivity index (χ4n) is 2.16. The number of amides is 1. The molecule has 18 heavy (non-hydrogen) atoms. The molecule has 1 aliphatic rings. The van der Waals surface area contributed by atoms with Crippen LogP contribution in [0, 0.1) is 0 Å². The molecule has 2 heterocycles. The van der Waals surface area contributed by atoms with Crippen LogP contribution in [-0.4, -0.2) is 48.6 Å². The zero-order valence-corrected chi connectivity index (χ0v) is 11.1. The molecule has 0 saturated carbocycles. The molecule has 1 aromatic heterocycles. The Morgan fingerprint density at radius 2 is 2.28 bits per heavy atom. The molecule has 0 aromatic carbocycles. The van der Waals surface area contributed by atoms with Gasteiger partial charge >= 0.3 is 6.09 Å². The molecule has 5 nitrogen and oxygen atoms in total. The predicted octanol–water partition coefficient (Wildman–Crippen LogP) is 1.91. The highest BCUT2D eigenvalue weighted by Gasteiger charge is 2.22. The van der Waals surface area contributed by atoms with E-state index in [1.807, 2.05) is 6.07 Å². The molecule has 1 saturated heterocycles. The van der Waals surface area contributed by atoms with Crippen molar-refractivity contribution in [1.29, 1.82) is 0 Å². The predicted molar refractivity (Wildman–Crippen MR) is 68.6 cm³/mol. The van der Waals surface area contributed by atoms with E-state index in [0.717, 1.165) is 13.0 Å². The van der Waals surface area contributed by atoms with Crippen molar-refractivity contribution in [3.63, 3.8) is 0 Å². The molecule has 1 atom stereocenters. The van der Waals surface area contributed by atoms with Gasteiger partial charge in [0.05, 0.1) is 0 Å². The Hall–Kier alpha value is -1.62. The van der Waals surface area contributed by atoms with E-state index in [1.54, 1.807) is 26.4 Å². The molecule has 0 bridgehead atoms. The molecule has 2 rings (SSSR count). The number of hydrogen-bond acceptors (Lipinski definition) is 4. The lowest BCUT2D eigenvalue weighted by Crippen LogP contribution is -2.25. The third kappa shape index (κ3) is 2.79. The average molecular weight is 249 g/mol. The first-order valence-electron chi connectivity index (χ1n) is 6.13. The largest absolute Gasteiger partial charge is 0.416 e. The minimum Gasteiger partial charge on any atom is -0.391 e. The Kier molecular flexibility index (Phi) is 3.81. The van der Waals surface area contributed by atoms with Crippen molar-refractivity contribution >= 4 is 6.09 Å².